The number of nitrogens with zero attached hydrogens (tertiary/aromatic N) is 1. The van der Waals surface area contributed by atoms with E-state index in [4.69, 9.17) is 4.74 Å². The SMILES string of the molecule is COC(=O)C(Cc1ccc(NC(=O)c2ccccc2[N+](=O)[O-])cc1)NC(=O)[C@H]1CC[C@@](C)(C(=O)O)C1(C)C. The number of hydrogen-bond donors (Lipinski definition) is 3. The number of aliphatic carboxylic acids is 1. The van der Waals surface area contributed by atoms with Crippen LogP contribution in [0, 0.1) is 26.9 Å². The van der Waals surface area contributed by atoms with Gasteiger partial charge in [-0.3, -0.25) is 24.5 Å². The molecular weight excluding hydrogens is 494 g/mol. The van der Waals surface area contributed by atoms with Crippen LogP contribution >= 0.6 is 0 Å². The van der Waals surface area contributed by atoms with Crippen LogP contribution in [0.25, 0.3) is 0 Å². The number of hydrogen-bond acceptors (Lipinski definition) is 7. The molecule has 3 N–H and O–H groups in total. The number of carbonyl (C=O) groups excluding carboxylic acids is 3. The zero-order valence-electron chi connectivity index (χ0n) is 21.6. The molecule has 11 nitrogen and oxygen atoms in total. The number of carboxylic acid groups (broad SMARTS) is 1. The molecule has 0 bridgehead atoms. The number of benzene rings is 2. The van der Waals surface area contributed by atoms with Crippen LogP contribution in [0.4, 0.5) is 11.4 Å². The lowest BCUT2D eigenvalue weighted by Gasteiger charge is -2.38. The van der Waals surface area contributed by atoms with Crippen LogP contribution < -0.4 is 10.6 Å². The molecule has 0 aromatic heterocycles. The summed E-state index contributed by atoms with van der Waals surface area (Å²) in [5.41, 5.74) is -1.26. The number of carbonyl (C=O) groups is 4. The minimum Gasteiger partial charge on any atom is -0.481 e. The first-order valence-corrected chi connectivity index (χ1v) is 12.1. The maximum absolute atomic E-state index is 13.2. The number of anilines is 1. The number of esters is 1. The second kappa shape index (κ2) is 11.0. The van der Waals surface area contributed by atoms with Crippen molar-refractivity contribution in [3.8, 4) is 0 Å². The van der Waals surface area contributed by atoms with Crippen molar-refractivity contribution >= 4 is 35.1 Å². The third-order valence-corrected chi connectivity index (χ3v) is 7.81. The van der Waals surface area contributed by atoms with Crippen molar-refractivity contribution in [3.05, 3.63) is 69.8 Å². The van der Waals surface area contributed by atoms with Crippen molar-refractivity contribution in [2.75, 3.05) is 12.4 Å². The Bertz CT molecular complexity index is 1260. The van der Waals surface area contributed by atoms with E-state index in [1.165, 1.54) is 31.4 Å². The molecule has 1 aliphatic carbocycles. The van der Waals surface area contributed by atoms with Gasteiger partial charge in [0.15, 0.2) is 0 Å². The van der Waals surface area contributed by atoms with Crippen molar-refractivity contribution in [2.24, 2.45) is 16.7 Å². The summed E-state index contributed by atoms with van der Waals surface area (Å²) in [5, 5.41) is 26.3. The third kappa shape index (κ3) is 5.51. The summed E-state index contributed by atoms with van der Waals surface area (Å²) in [6.07, 6.45) is 0.819. The minimum atomic E-state index is -1.07. The molecular formula is C27H31N3O8. The number of nitrogens with one attached hydrogen (secondary N) is 2. The van der Waals surface area contributed by atoms with Crippen molar-refractivity contribution in [3.63, 3.8) is 0 Å². The van der Waals surface area contributed by atoms with Crippen LogP contribution in [0.3, 0.4) is 0 Å². The molecule has 1 saturated carbocycles. The molecule has 1 aliphatic rings. The van der Waals surface area contributed by atoms with E-state index in [1.807, 2.05) is 0 Å². The fourth-order valence-corrected chi connectivity index (χ4v) is 4.93. The minimum absolute atomic E-state index is 0.0797. The normalized spacial score (nSPS) is 20.7. The lowest BCUT2D eigenvalue weighted by Crippen LogP contribution is -2.50. The number of rotatable bonds is 9. The second-order valence-corrected chi connectivity index (χ2v) is 10.2. The predicted molar refractivity (Wildman–Crippen MR) is 137 cm³/mol. The zero-order chi connectivity index (χ0) is 28.3. The van der Waals surface area contributed by atoms with Gasteiger partial charge in [-0.05, 0) is 48.9 Å². The van der Waals surface area contributed by atoms with E-state index in [-0.39, 0.29) is 17.7 Å². The largest absolute Gasteiger partial charge is 0.481 e. The standard InChI is InChI=1S/C27H31N3O8/c1-26(2)19(13-14-27(26,3)25(34)35)23(32)29-20(24(33)38-4)15-16-9-11-17(12-10-16)28-22(31)18-7-5-6-8-21(18)30(36)37/h5-12,19-20H,13-15H2,1-4H3,(H,28,31)(H,29,32)(H,34,35)/t19-,20?,27+/m1/s1. The molecule has 1 unspecified atom stereocenters. The quantitative estimate of drug-likeness (QED) is 0.254. The highest BCUT2D eigenvalue weighted by atomic mass is 16.6. The van der Waals surface area contributed by atoms with E-state index in [1.54, 1.807) is 45.0 Å². The van der Waals surface area contributed by atoms with Gasteiger partial charge in [-0.2, -0.15) is 0 Å². The summed E-state index contributed by atoms with van der Waals surface area (Å²) in [7, 11) is 1.21. The van der Waals surface area contributed by atoms with Gasteiger partial charge < -0.3 is 20.5 Å². The van der Waals surface area contributed by atoms with Crippen molar-refractivity contribution in [1.82, 2.24) is 5.32 Å². The summed E-state index contributed by atoms with van der Waals surface area (Å²) in [5.74, 6) is -3.27. The molecule has 2 aromatic rings. The monoisotopic (exact) mass is 525 g/mol. The van der Waals surface area contributed by atoms with Crippen molar-refractivity contribution in [2.45, 2.75) is 46.1 Å². The lowest BCUT2D eigenvalue weighted by molar-refractivity contribution is -0.385. The molecule has 0 radical (unpaired) electrons. The van der Waals surface area contributed by atoms with E-state index < -0.39 is 51.5 Å². The average molecular weight is 526 g/mol. The molecule has 0 saturated heterocycles. The van der Waals surface area contributed by atoms with Gasteiger partial charge >= 0.3 is 11.9 Å². The van der Waals surface area contributed by atoms with Gasteiger partial charge in [0.1, 0.15) is 11.6 Å². The highest BCUT2D eigenvalue weighted by Gasteiger charge is 2.58. The van der Waals surface area contributed by atoms with Crippen LogP contribution in [0.1, 0.15) is 49.5 Å². The number of nitro benzene ring substituents is 1. The Labute approximate surface area is 219 Å². The van der Waals surface area contributed by atoms with Crippen LogP contribution in [-0.2, 0) is 25.5 Å². The van der Waals surface area contributed by atoms with Crippen LogP contribution in [-0.4, -0.2) is 46.9 Å². The number of carboxylic acids is 1. The van der Waals surface area contributed by atoms with E-state index in [0.717, 1.165) is 0 Å². The highest BCUT2D eigenvalue weighted by Crippen LogP contribution is 2.56. The summed E-state index contributed by atoms with van der Waals surface area (Å²) in [6.45, 7) is 5.14. The fourth-order valence-electron chi connectivity index (χ4n) is 4.93. The molecule has 0 heterocycles. The number of ether oxygens (including phenoxy) is 1. The first-order valence-electron chi connectivity index (χ1n) is 12.1. The van der Waals surface area contributed by atoms with Gasteiger partial charge in [0.25, 0.3) is 11.6 Å². The van der Waals surface area contributed by atoms with Gasteiger partial charge in [0.2, 0.25) is 5.91 Å². The fraction of sp³-hybridized carbons (Fsp3) is 0.407. The molecule has 38 heavy (non-hydrogen) atoms. The summed E-state index contributed by atoms with van der Waals surface area (Å²) >= 11 is 0. The van der Waals surface area contributed by atoms with Gasteiger partial charge in [0.05, 0.1) is 17.4 Å². The maximum Gasteiger partial charge on any atom is 0.328 e. The first kappa shape index (κ1) is 28.3. The summed E-state index contributed by atoms with van der Waals surface area (Å²) in [4.78, 5) is 60.7. The number of amides is 2. The van der Waals surface area contributed by atoms with Gasteiger partial charge in [0, 0.05) is 24.1 Å². The van der Waals surface area contributed by atoms with Gasteiger partial charge in [-0.15, -0.1) is 0 Å². The summed E-state index contributed by atoms with van der Waals surface area (Å²) < 4.78 is 4.88. The van der Waals surface area contributed by atoms with Crippen LogP contribution in [0.5, 0.6) is 0 Å². The Morgan fingerprint density at radius 2 is 1.74 bits per heavy atom. The Morgan fingerprint density at radius 3 is 2.29 bits per heavy atom. The zero-order valence-corrected chi connectivity index (χ0v) is 21.6. The lowest BCUT2D eigenvalue weighted by atomic mass is 9.65. The molecule has 3 atom stereocenters. The molecule has 2 aromatic carbocycles. The van der Waals surface area contributed by atoms with Crippen molar-refractivity contribution < 1.29 is 33.9 Å². The topological polar surface area (TPSA) is 165 Å². The van der Waals surface area contributed by atoms with Crippen LogP contribution in [0.15, 0.2) is 48.5 Å². The molecule has 0 aliphatic heterocycles. The molecule has 2 amide bonds. The maximum atomic E-state index is 13.2. The smallest absolute Gasteiger partial charge is 0.328 e. The number of nitro groups is 1. The Hall–Kier alpha value is -4.28. The first-order chi connectivity index (χ1) is 17.8. The van der Waals surface area contributed by atoms with E-state index >= 15 is 0 Å². The number of methoxy groups -OCH3 is 1. The Morgan fingerprint density at radius 1 is 1.11 bits per heavy atom. The molecule has 11 heteroatoms. The molecule has 0 spiro atoms. The third-order valence-electron chi connectivity index (χ3n) is 7.81. The highest BCUT2D eigenvalue weighted by molar-refractivity contribution is 6.07. The molecule has 3 rings (SSSR count). The van der Waals surface area contributed by atoms with Crippen molar-refractivity contribution in [1.29, 1.82) is 0 Å². The molecule has 202 valence electrons. The summed E-state index contributed by atoms with van der Waals surface area (Å²) in [6, 6.07) is 11.1. The Kier molecular flexibility index (Phi) is 8.19. The van der Waals surface area contributed by atoms with Gasteiger partial charge in [-0.1, -0.05) is 38.1 Å². The van der Waals surface area contributed by atoms with E-state index in [0.29, 0.717) is 24.1 Å². The molecule has 1 fully saturated rings. The van der Waals surface area contributed by atoms with Gasteiger partial charge in [-0.25, -0.2) is 4.79 Å². The Balaban J connectivity index is 1.71. The number of para-hydroxylation sites is 1. The van der Waals surface area contributed by atoms with Crippen LogP contribution in [0.2, 0.25) is 0 Å². The van der Waals surface area contributed by atoms with E-state index in [9.17, 15) is 34.4 Å². The predicted octanol–water partition coefficient (Wildman–Crippen LogP) is 3.57. The van der Waals surface area contributed by atoms with E-state index in [2.05, 4.69) is 10.6 Å². The average Bonchev–Trinajstić information content (AvgIpc) is 3.13. The second-order valence-electron chi connectivity index (χ2n) is 10.2.